The molecule has 4 nitrogen and oxygen atoms in total. The fraction of sp³-hybridized carbons (Fsp3) is 0.405. The lowest BCUT2D eigenvalue weighted by Crippen LogP contribution is -2.47. The van der Waals surface area contributed by atoms with E-state index in [1.165, 1.54) is 68.4 Å². The van der Waals surface area contributed by atoms with Gasteiger partial charge >= 0.3 is 0 Å². The number of hydrogen-bond donors (Lipinski definition) is 0. The zero-order chi connectivity index (χ0) is 29.8. The van der Waals surface area contributed by atoms with Gasteiger partial charge in [-0.1, -0.05) is 86.7 Å². The number of unbranched alkanes of at least 4 members (excludes halogenated alkanes) is 7. The zero-order valence-corrected chi connectivity index (χ0v) is 26.4. The van der Waals surface area contributed by atoms with Gasteiger partial charge in [0.2, 0.25) is 0 Å². The maximum absolute atomic E-state index is 12.9. The molecule has 0 bridgehead atoms. The van der Waals surface area contributed by atoms with Crippen LogP contribution in [0.15, 0.2) is 102 Å². The number of hydrogen-bond acceptors (Lipinski definition) is 4. The Morgan fingerprint density at radius 3 is 1.36 bits per heavy atom. The number of ketones is 2. The Morgan fingerprint density at radius 1 is 0.548 bits per heavy atom. The van der Waals surface area contributed by atoms with Gasteiger partial charge in [-0.2, -0.15) is 0 Å². The Hall–Kier alpha value is -2.91. The first kappa shape index (κ1) is 32.0. The van der Waals surface area contributed by atoms with Crippen LogP contribution in [-0.2, 0) is 19.1 Å². The summed E-state index contributed by atoms with van der Waals surface area (Å²) in [5.41, 5.74) is 1.17. The van der Waals surface area contributed by atoms with Crippen LogP contribution in [0.2, 0.25) is 0 Å². The molecule has 1 aliphatic carbocycles. The highest BCUT2D eigenvalue weighted by atomic mass is 31.2. The van der Waals surface area contributed by atoms with Crippen molar-refractivity contribution >= 4 is 34.7 Å². The molecule has 0 aromatic heterocycles. The van der Waals surface area contributed by atoms with Crippen molar-refractivity contribution in [1.29, 1.82) is 0 Å². The third-order valence-corrected chi connectivity index (χ3v) is 13.2. The van der Waals surface area contributed by atoms with E-state index in [4.69, 9.17) is 9.47 Å². The molecular formula is C37H46O4P+. The molecule has 0 radical (unpaired) electrons. The fourth-order valence-electron chi connectivity index (χ4n) is 6.36. The first-order valence-electron chi connectivity index (χ1n) is 15.4. The molecule has 5 heteroatoms. The first-order valence-corrected chi connectivity index (χ1v) is 17.4. The molecule has 4 rings (SSSR count). The summed E-state index contributed by atoms with van der Waals surface area (Å²) in [6.45, 7) is 1.75. The number of rotatable bonds is 16. The number of methoxy groups -OCH3 is 2. The molecule has 0 heterocycles. The fourth-order valence-corrected chi connectivity index (χ4v) is 10.8. The molecule has 0 saturated heterocycles. The monoisotopic (exact) mass is 585 g/mol. The van der Waals surface area contributed by atoms with Gasteiger partial charge in [-0.05, 0) is 69.0 Å². The molecule has 42 heavy (non-hydrogen) atoms. The topological polar surface area (TPSA) is 52.6 Å². The van der Waals surface area contributed by atoms with E-state index in [-0.39, 0.29) is 11.6 Å². The third kappa shape index (κ3) is 7.35. The number of Topliss-reactive ketones (excluding diaryl/α,β-unsaturated/α-hetero) is 2. The number of carbonyl (C=O) groups is 2. The van der Waals surface area contributed by atoms with Crippen LogP contribution in [0.25, 0.3) is 0 Å². The SMILES string of the molecule is COC1C(=O)C(C)=C(CCCCCCCCCC[P+](c2ccccc2)(c2ccccc2)c2ccccc2)C(=O)C1OC. The highest BCUT2D eigenvalue weighted by Crippen LogP contribution is 2.56. The summed E-state index contributed by atoms with van der Waals surface area (Å²) in [6, 6.07) is 33.4. The van der Waals surface area contributed by atoms with Crippen LogP contribution in [0.3, 0.4) is 0 Å². The van der Waals surface area contributed by atoms with Gasteiger partial charge in [0.25, 0.3) is 0 Å². The van der Waals surface area contributed by atoms with Crippen molar-refractivity contribution in [2.75, 3.05) is 20.4 Å². The molecule has 0 fully saturated rings. The Kier molecular flexibility index (Phi) is 12.3. The number of ether oxygens (including phenoxy) is 2. The van der Waals surface area contributed by atoms with E-state index in [1.54, 1.807) is 6.92 Å². The largest absolute Gasteiger partial charge is 0.370 e. The summed E-state index contributed by atoms with van der Waals surface area (Å²) in [6.07, 6.45) is 9.40. The second kappa shape index (κ2) is 16.1. The van der Waals surface area contributed by atoms with Crippen molar-refractivity contribution in [2.45, 2.75) is 76.9 Å². The molecule has 3 aromatic rings. The summed E-state index contributed by atoms with van der Waals surface area (Å²) in [5.74, 6) is -0.223. The standard InChI is InChI=1S/C37H46O4P/c1-29-33(35(39)37(41-3)36(40-2)34(29)38)27-19-8-6-4-5-7-9-20-28-42(30-21-13-10-14-22-30,31-23-15-11-16-24-31)32-25-17-12-18-26-32/h10-18,21-26,36-37H,4-9,19-20,27-28H2,1-3H3/q+1. The van der Waals surface area contributed by atoms with Gasteiger partial charge in [-0.25, -0.2) is 0 Å². The minimum absolute atomic E-state index is 0.0955. The van der Waals surface area contributed by atoms with Gasteiger partial charge in [0, 0.05) is 25.4 Å². The molecular weight excluding hydrogens is 539 g/mol. The molecule has 222 valence electrons. The van der Waals surface area contributed by atoms with Crippen LogP contribution in [0.5, 0.6) is 0 Å². The number of carbonyl (C=O) groups excluding carboxylic acids is 2. The van der Waals surface area contributed by atoms with Gasteiger partial charge < -0.3 is 9.47 Å². The minimum atomic E-state index is -1.74. The maximum Gasteiger partial charge on any atom is 0.191 e. The summed E-state index contributed by atoms with van der Waals surface area (Å²) >= 11 is 0. The summed E-state index contributed by atoms with van der Waals surface area (Å²) in [4.78, 5) is 25.5. The van der Waals surface area contributed by atoms with Crippen molar-refractivity contribution in [2.24, 2.45) is 0 Å². The lowest BCUT2D eigenvalue weighted by Gasteiger charge is -2.29. The molecule has 2 unspecified atom stereocenters. The Balaban J connectivity index is 1.26. The van der Waals surface area contributed by atoms with Crippen molar-refractivity contribution < 1.29 is 19.1 Å². The first-order chi connectivity index (χ1) is 20.5. The van der Waals surface area contributed by atoms with E-state index in [0.29, 0.717) is 17.6 Å². The minimum Gasteiger partial charge on any atom is -0.370 e. The quantitative estimate of drug-likeness (QED) is 0.134. The molecule has 0 saturated carbocycles. The Labute approximate surface area is 252 Å². The van der Waals surface area contributed by atoms with Crippen LogP contribution in [0, 0.1) is 0 Å². The van der Waals surface area contributed by atoms with Gasteiger partial charge in [0.15, 0.2) is 23.8 Å². The molecule has 2 atom stereocenters. The van der Waals surface area contributed by atoms with E-state index in [2.05, 4.69) is 91.0 Å². The number of benzene rings is 3. The lowest BCUT2D eigenvalue weighted by molar-refractivity contribution is -0.146. The Bertz CT molecular complexity index is 1210. The second-order valence-corrected chi connectivity index (χ2v) is 14.9. The van der Waals surface area contributed by atoms with Gasteiger partial charge in [-0.15, -0.1) is 0 Å². The summed E-state index contributed by atoms with van der Waals surface area (Å²) < 4.78 is 10.6. The van der Waals surface area contributed by atoms with E-state index < -0.39 is 19.5 Å². The maximum atomic E-state index is 12.9. The predicted molar refractivity (Wildman–Crippen MR) is 176 cm³/mol. The van der Waals surface area contributed by atoms with Crippen LogP contribution in [-0.4, -0.2) is 44.2 Å². The Morgan fingerprint density at radius 2 is 0.929 bits per heavy atom. The normalized spacial score (nSPS) is 17.6. The van der Waals surface area contributed by atoms with Gasteiger partial charge in [0.05, 0.1) is 6.16 Å². The van der Waals surface area contributed by atoms with Crippen molar-refractivity contribution in [3.05, 3.63) is 102 Å². The van der Waals surface area contributed by atoms with Crippen LogP contribution >= 0.6 is 7.26 Å². The van der Waals surface area contributed by atoms with E-state index in [1.807, 2.05) is 0 Å². The van der Waals surface area contributed by atoms with Crippen LogP contribution in [0.4, 0.5) is 0 Å². The summed E-state index contributed by atoms with van der Waals surface area (Å²) in [7, 11) is 1.18. The van der Waals surface area contributed by atoms with E-state index in [9.17, 15) is 9.59 Å². The van der Waals surface area contributed by atoms with Gasteiger partial charge in [0.1, 0.15) is 23.2 Å². The molecule has 0 N–H and O–H groups in total. The second-order valence-electron chi connectivity index (χ2n) is 11.3. The highest BCUT2D eigenvalue weighted by molar-refractivity contribution is 7.95. The van der Waals surface area contributed by atoms with Gasteiger partial charge in [-0.3, -0.25) is 9.59 Å². The highest BCUT2D eigenvalue weighted by Gasteiger charge is 2.44. The third-order valence-electron chi connectivity index (χ3n) is 8.68. The van der Waals surface area contributed by atoms with Crippen molar-refractivity contribution in [3.63, 3.8) is 0 Å². The van der Waals surface area contributed by atoms with E-state index >= 15 is 0 Å². The molecule has 0 amide bonds. The van der Waals surface area contributed by atoms with Crippen molar-refractivity contribution in [3.8, 4) is 0 Å². The predicted octanol–water partition coefficient (Wildman–Crippen LogP) is 6.99. The zero-order valence-electron chi connectivity index (χ0n) is 25.5. The van der Waals surface area contributed by atoms with Crippen molar-refractivity contribution in [1.82, 2.24) is 0 Å². The van der Waals surface area contributed by atoms with Crippen LogP contribution < -0.4 is 15.9 Å². The van der Waals surface area contributed by atoms with Crippen LogP contribution in [0.1, 0.15) is 64.7 Å². The average Bonchev–Trinajstić information content (AvgIpc) is 3.04. The molecule has 0 spiro atoms. The molecule has 1 aliphatic rings. The lowest BCUT2D eigenvalue weighted by atomic mass is 9.83. The van der Waals surface area contributed by atoms with E-state index in [0.717, 1.165) is 19.3 Å². The summed E-state index contributed by atoms with van der Waals surface area (Å²) in [5, 5.41) is 4.38. The molecule has 0 aliphatic heterocycles. The average molecular weight is 586 g/mol. The smallest absolute Gasteiger partial charge is 0.191 e. The molecule has 3 aromatic carbocycles.